The lowest BCUT2D eigenvalue weighted by Crippen LogP contribution is -2.48. The molecule has 2 atom stereocenters. The molecule has 1 heterocycles. The molecular formula is C31H32F2N2O3S. The fraction of sp³-hybridized carbons (Fsp3) is 0.258. The van der Waals surface area contributed by atoms with Crippen molar-refractivity contribution in [3.8, 4) is 16.9 Å². The summed E-state index contributed by atoms with van der Waals surface area (Å²) in [5.74, 6) is -1.04. The fourth-order valence-electron chi connectivity index (χ4n) is 4.36. The van der Waals surface area contributed by atoms with Crippen molar-refractivity contribution in [1.29, 1.82) is 0 Å². The first kappa shape index (κ1) is 28.4. The molecule has 5 nitrogen and oxygen atoms in total. The number of carbonyl (C=O) groups is 1. The van der Waals surface area contributed by atoms with Crippen molar-refractivity contribution in [3.05, 3.63) is 111 Å². The summed E-state index contributed by atoms with van der Waals surface area (Å²) in [6.45, 7) is 2.81. The van der Waals surface area contributed by atoms with E-state index in [1.54, 1.807) is 13.2 Å². The molecule has 3 aromatic carbocycles. The monoisotopic (exact) mass is 550 g/mol. The summed E-state index contributed by atoms with van der Waals surface area (Å²) in [6, 6.07) is 19.9. The van der Waals surface area contributed by atoms with E-state index in [1.807, 2.05) is 41.8 Å². The van der Waals surface area contributed by atoms with Gasteiger partial charge in [-0.25, -0.2) is 8.78 Å². The Morgan fingerprint density at radius 2 is 1.67 bits per heavy atom. The minimum Gasteiger partial charge on any atom is -0.497 e. The number of halogens is 2. The smallest absolute Gasteiger partial charge is 0.261 e. The van der Waals surface area contributed by atoms with Crippen molar-refractivity contribution in [3.63, 3.8) is 0 Å². The van der Waals surface area contributed by atoms with Crippen LogP contribution in [0.3, 0.4) is 0 Å². The Labute approximate surface area is 231 Å². The number of ether oxygens (including phenoxy) is 1. The first-order chi connectivity index (χ1) is 18.8. The third kappa shape index (κ3) is 7.95. The van der Waals surface area contributed by atoms with E-state index < -0.39 is 23.8 Å². The lowest BCUT2D eigenvalue weighted by Gasteiger charge is -2.25. The molecule has 1 aromatic heterocycles. The first-order valence-electron chi connectivity index (χ1n) is 12.8. The molecule has 39 heavy (non-hydrogen) atoms. The number of carbonyl (C=O) groups excluding carboxylic acids is 1. The van der Waals surface area contributed by atoms with Crippen LogP contribution in [-0.2, 0) is 19.4 Å². The largest absolute Gasteiger partial charge is 0.497 e. The van der Waals surface area contributed by atoms with E-state index >= 15 is 0 Å². The van der Waals surface area contributed by atoms with Gasteiger partial charge in [-0.1, -0.05) is 43.3 Å². The van der Waals surface area contributed by atoms with Crippen molar-refractivity contribution < 1.29 is 23.4 Å². The number of aliphatic hydroxyl groups excluding tert-OH is 1. The zero-order valence-electron chi connectivity index (χ0n) is 21.9. The predicted molar refractivity (Wildman–Crippen MR) is 151 cm³/mol. The number of thiophene rings is 1. The van der Waals surface area contributed by atoms with Gasteiger partial charge in [-0.15, -0.1) is 11.3 Å². The van der Waals surface area contributed by atoms with Crippen LogP contribution in [0.2, 0.25) is 0 Å². The molecule has 0 bridgehead atoms. The van der Waals surface area contributed by atoms with E-state index in [0.717, 1.165) is 34.9 Å². The first-order valence-corrected chi connectivity index (χ1v) is 13.7. The zero-order valence-corrected chi connectivity index (χ0v) is 22.7. The van der Waals surface area contributed by atoms with Gasteiger partial charge in [0.15, 0.2) is 0 Å². The maximum absolute atomic E-state index is 13.9. The van der Waals surface area contributed by atoms with Crippen LogP contribution >= 0.6 is 11.3 Å². The molecule has 8 heteroatoms. The van der Waals surface area contributed by atoms with Gasteiger partial charge in [0.25, 0.3) is 5.91 Å². The number of hydrogen-bond acceptors (Lipinski definition) is 5. The molecule has 0 spiro atoms. The number of amides is 1. The van der Waals surface area contributed by atoms with Crippen LogP contribution in [-0.4, -0.2) is 36.8 Å². The fourth-order valence-corrected chi connectivity index (χ4v) is 5.18. The molecule has 3 N–H and O–H groups in total. The standard InChI is InChI=1S/C31H32F2N2O3S/c1-3-20-5-4-6-21(11-20)17-34-18-29(36)28(14-22-12-25(32)16-26(33)13-22)35-31(37)30-15-24(19-39-30)23-7-9-27(38-2)10-8-23/h4-13,15-16,19,28-29,34,36H,3,14,17-18H2,1-2H3,(H,35,37)/t28-,29-/m0/s1. The lowest BCUT2D eigenvalue weighted by atomic mass is 10.00. The Morgan fingerprint density at radius 3 is 2.36 bits per heavy atom. The maximum Gasteiger partial charge on any atom is 0.261 e. The third-order valence-corrected chi connectivity index (χ3v) is 7.42. The van der Waals surface area contributed by atoms with Crippen molar-refractivity contribution >= 4 is 17.2 Å². The van der Waals surface area contributed by atoms with Gasteiger partial charge in [-0.05, 0) is 76.4 Å². The lowest BCUT2D eigenvalue weighted by molar-refractivity contribution is 0.0833. The SMILES string of the molecule is CCc1cccc(CNC[C@H](O)[C@H](Cc2cc(F)cc(F)c2)NC(=O)c2cc(-c3ccc(OC)cc3)cs2)c1. The Morgan fingerprint density at radius 1 is 0.949 bits per heavy atom. The average molecular weight is 551 g/mol. The number of rotatable bonds is 12. The van der Waals surface area contributed by atoms with Crippen LogP contribution in [0.4, 0.5) is 8.78 Å². The van der Waals surface area contributed by atoms with Gasteiger partial charge in [0.1, 0.15) is 17.4 Å². The zero-order chi connectivity index (χ0) is 27.8. The molecule has 204 valence electrons. The minimum atomic E-state index is -1.00. The van der Waals surface area contributed by atoms with E-state index in [4.69, 9.17) is 4.74 Å². The molecule has 4 rings (SSSR count). The highest BCUT2D eigenvalue weighted by Crippen LogP contribution is 2.27. The summed E-state index contributed by atoms with van der Waals surface area (Å²) in [7, 11) is 1.60. The van der Waals surface area contributed by atoms with Gasteiger partial charge in [-0.2, -0.15) is 0 Å². The van der Waals surface area contributed by atoms with Gasteiger partial charge >= 0.3 is 0 Å². The Bertz CT molecular complexity index is 1370. The molecule has 0 saturated carbocycles. The topological polar surface area (TPSA) is 70.6 Å². The van der Waals surface area contributed by atoms with E-state index in [2.05, 4.69) is 29.7 Å². The van der Waals surface area contributed by atoms with Crippen molar-refractivity contribution in [2.75, 3.05) is 13.7 Å². The summed E-state index contributed by atoms with van der Waals surface area (Å²) in [4.78, 5) is 13.7. The molecule has 0 aliphatic heterocycles. The van der Waals surface area contributed by atoms with Crippen LogP contribution in [0.1, 0.15) is 33.3 Å². The van der Waals surface area contributed by atoms with Crippen LogP contribution < -0.4 is 15.4 Å². The predicted octanol–water partition coefficient (Wildman–Crippen LogP) is 5.76. The van der Waals surface area contributed by atoms with Gasteiger partial charge in [-0.3, -0.25) is 4.79 Å². The maximum atomic E-state index is 13.9. The average Bonchev–Trinajstić information content (AvgIpc) is 3.43. The number of nitrogens with one attached hydrogen (secondary N) is 2. The van der Waals surface area contributed by atoms with E-state index in [0.29, 0.717) is 17.0 Å². The number of aliphatic hydroxyl groups is 1. The third-order valence-electron chi connectivity index (χ3n) is 6.49. The van der Waals surface area contributed by atoms with Crippen LogP contribution in [0.5, 0.6) is 5.75 Å². The van der Waals surface area contributed by atoms with Crippen molar-refractivity contribution in [1.82, 2.24) is 10.6 Å². The van der Waals surface area contributed by atoms with Crippen LogP contribution in [0.15, 0.2) is 78.2 Å². The number of aryl methyl sites for hydroxylation is 1. The molecule has 0 aliphatic carbocycles. The number of methoxy groups -OCH3 is 1. The minimum absolute atomic E-state index is 0.0608. The Hall–Kier alpha value is -3.59. The molecule has 1 amide bonds. The van der Waals surface area contributed by atoms with Crippen molar-refractivity contribution in [2.24, 2.45) is 0 Å². The van der Waals surface area contributed by atoms with Crippen LogP contribution in [0.25, 0.3) is 11.1 Å². The summed E-state index contributed by atoms with van der Waals surface area (Å²) in [6.07, 6.45) is -0.0150. The molecular weight excluding hydrogens is 518 g/mol. The van der Waals surface area contributed by atoms with E-state index in [1.165, 1.54) is 29.0 Å². The molecule has 0 aliphatic rings. The second kappa shape index (κ2) is 13.5. The van der Waals surface area contributed by atoms with Gasteiger partial charge < -0.3 is 20.5 Å². The second-order valence-corrected chi connectivity index (χ2v) is 10.3. The Balaban J connectivity index is 1.46. The summed E-state index contributed by atoms with van der Waals surface area (Å²) in [5.41, 5.74) is 4.47. The van der Waals surface area contributed by atoms with Crippen LogP contribution in [0, 0.1) is 11.6 Å². The van der Waals surface area contributed by atoms with Gasteiger partial charge in [0.05, 0.1) is 24.1 Å². The van der Waals surface area contributed by atoms with Crippen molar-refractivity contribution in [2.45, 2.75) is 38.5 Å². The Kier molecular flexibility index (Phi) is 9.81. The van der Waals surface area contributed by atoms with Gasteiger partial charge in [0, 0.05) is 19.2 Å². The summed E-state index contributed by atoms with van der Waals surface area (Å²) < 4.78 is 32.9. The molecule has 0 fully saturated rings. The second-order valence-electron chi connectivity index (χ2n) is 9.36. The quantitative estimate of drug-likeness (QED) is 0.210. The number of benzene rings is 3. The van der Waals surface area contributed by atoms with E-state index in [-0.39, 0.29) is 18.9 Å². The molecule has 0 radical (unpaired) electrons. The normalized spacial score (nSPS) is 12.6. The van der Waals surface area contributed by atoms with E-state index in [9.17, 15) is 18.7 Å². The highest BCUT2D eigenvalue weighted by Gasteiger charge is 2.24. The molecule has 0 saturated heterocycles. The summed E-state index contributed by atoms with van der Waals surface area (Å²) in [5, 5.41) is 19.0. The number of hydrogen-bond donors (Lipinski definition) is 3. The van der Waals surface area contributed by atoms with Gasteiger partial charge in [0.2, 0.25) is 0 Å². The summed E-state index contributed by atoms with van der Waals surface area (Å²) >= 11 is 1.29. The highest BCUT2D eigenvalue weighted by molar-refractivity contribution is 7.12. The molecule has 4 aromatic rings. The highest BCUT2D eigenvalue weighted by atomic mass is 32.1. The molecule has 0 unspecified atom stereocenters.